The smallest absolute Gasteiger partial charge is 0.325 e. The van der Waals surface area contributed by atoms with Crippen LogP contribution >= 0.6 is 11.6 Å². The van der Waals surface area contributed by atoms with E-state index in [4.69, 9.17) is 21.1 Å². The molecule has 0 radical (unpaired) electrons. The van der Waals surface area contributed by atoms with Crippen LogP contribution in [0.3, 0.4) is 0 Å². The highest BCUT2D eigenvalue weighted by Crippen LogP contribution is 2.32. The number of ether oxygens (including phenoxy) is 2. The van der Waals surface area contributed by atoms with Gasteiger partial charge in [0.25, 0.3) is 0 Å². The van der Waals surface area contributed by atoms with Gasteiger partial charge in [0.05, 0.1) is 6.54 Å². The molecular formula is C23H27ClN4O4. The second-order valence-electron chi connectivity index (χ2n) is 7.89. The monoisotopic (exact) mass is 458 g/mol. The zero-order valence-electron chi connectivity index (χ0n) is 17.8. The number of halogens is 1. The first-order valence-electron chi connectivity index (χ1n) is 10.7. The fourth-order valence-electron chi connectivity index (χ4n) is 3.84. The minimum atomic E-state index is -0.564. The average molecular weight is 459 g/mol. The fourth-order valence-corrected chi connectivity index (χ4v) is 3.97. The number of benzene rings is 2. The molecule has 170 valence electrons. The minimum absolute atomic E-state index is 0.184. The topological polar surface area (TPSA) is 83.1 Å². The van der Waals surface area contributed by atoms with Crippen LogP contribution in [0.15, 0.2) is 42.5 Å². The van der Waals surface area contributed by atoms with E-state index >= 15 is 0 Å². The standard InChI is InChI=1S/C23H27ClN4O4/c24-18-4-2-17(3-5-18)15-27-8-1-9-28(11-10-27)16-22(29)26-23(30)25-19-6-7-20-21(14-19)32-13-12-31-20/h2-7,14H,1,8-13,15-16H2,(H2,25,26,29,30). The zero-order chi connectivity index (χ0) is 22.3. The van der Waals surface area contributed by atoms with Gasteiger partial charge in [0.2, 0.25) is 5.91 Å². The molecule has 2 aromatic rings. The van der Waals surface area contributed by atoms with Crippen LogP contribution in [0.25, 0.3) is 0 Å². The van der Waals surface area contributed by atoms with E-state index in [2.05, 4.69) is 20.4 Å². The van der Waals surface area contributed by atoms with Crippen molar-refractivity contribution in [3.63, 3.8) is 0 Å². The van der Waals surface area contributed by atoms with Gasteiger partial charge in [-0.1, -0.05) is 23.7 Å². The highest BCUT2D eigenvalue weighted by Gasteiger charge is 2.19. The molecule has 0 saturated carbocycles. The highest BCUT2D eigenvalue weighted by atomic mass is 35.5. The number of nitrogens with zero attached hydrogens (tertiary/aromatic N) is 2. The highest BCUT2D eigenvalue weighted by molar-refractivity contribution is 6.30. The Morgan fingerprint density at radius 2 is 1.62 bits per heavy atom. The number of fused-ring (bicyclic) bond motifs is 1. The summed E-state index contributed by atoms with van der Waals surface area (Å²) < 4.78 is 11.0. The summed E-state index contributed by atoms with van der Waals surface area (Å²) in [5, 5.41) is 5.81. The minimum Gasteiger partial charge on any atom is -0.486 e. The fraction of sp³-hybridized carbons (Fsp3) is 0.391. The maximum atomic E-state index is 12.4. The van der Waals surface area contributed by atoms with E-state index in [0.29, 0.717) is 30.4 Å². The normalized spacial score (nSPS) is 16.8. The molecular weight excluding hydrogens is 432 g/mol. The number of rotatable bonds is 5. The van der Waals surface area contributed by atoms with Gasteiger partial charge in [-0.2, -0.15) is 0 Å². The van der Waals surface area contributed by atoms with Crippen molar-refractivity contribution in [3.05, 3.63) is 53.1 Å². The lowest BCUT2D eigenvalue weighted by molar-refractivity contribution is -0.121. The van der Waals surface area contributed by atoms with E-state index in [1.54, 1.807) is 18.2 Å². The summed E-state index contributed by atoms with van der Waals surface area (Å²) in [6.07, 6.45) is 0.963. The molecule has 0 atom stereocenters. The van der Waals surface area contributed by atoms with E-state index in [1.807, 2.05) is 24.3 Å². The van der Waals surface area contributed by atoms with E-state index in [9.17, 15) is 9.59 Å². The Morgan fingerprint density at radius 3 is 2.44 bits per heavy atom. The van der Waals surface area contributed by atoms with Crippen LogP contribution in [0.2, 0.25) is 5.02 Å². The van der Waals surface area contributed by atoms with Gasteiger partial charge in [0, 0.05) is 36.4 Å². The Hall–Kier alpha value is -2.81. The van der Waals surface area contributed by atoms with Gasteiger partial charge >= 0.3 is 6.03 Å². The molecule has 0 unspecified atom stereocenters. The molecule has 2 aliphatic rings. The average Bonchev–Trinajstić information content (AvgIpc) is 3.00. The van der Waals surface area contributed by atoms with Gasteiger partial charge in [-0.25, -0.2) is 4.79 Å². The number of urea groups is 1. The van der Waals surface area contributed by atoms with Gasteiger partial charge in [-0.05, 0) is 49.3 Å². The van der Waals surface area contributed by atoms with E-state index in [-0.39, 0.29) is 12.5 Å². The van der Waals surface area contributed by atoms with Crippen LogP contribution in [-0.4, -0.2) is 67.7 Å². The second kappa shape index (κ2) is 10.7. The molecule has 2 aromatic carbocycles. The molecule has 1 fully saturated rings. The van der Waals surface area contributed by atoms with Crippen molar-refractivity contribution in [2.75, 3.05) is 51.3 Å². The summed E-state index contributed by atoms with van der Waals surface area (Å²) in [6.45, 7) is 5.42. The van der Waals surface area contributed by atoms with Crippen molar-refractivity contribution in [1.29, 1.82) is 0 Å². The Bertz CT molecular complexity index is 954. The quantitative estimate of drug-likeness (QED) is 0.716. The molecule has 0 aromatic heterocycles. The summed E-state index contributed by atoms with van der Waals surface area (Å²) in [6, 6.07) is 12.5. The SMILES string of the molecule is O=C(CN1CCCN(Cc2ccc(Cl)cc2)CC1)NC(=O)Nc1ccc2c(c1)OCCO2. The second-order valence-corrected chi connectivity index (χ2v) is 8.33. The molecule has 32 heavy (non-hydrogen) atoms. The number of amides is 3. The van der Waals surface area contributed by atoms with Gasteiger partial charge in [-0.15, -0.1) is 0 Å². The van der Waals surface area contributed by atoms with Crippen LogP contribution in [0.1, 0.15) is 12.0 Å². The van der Waals surface area contributed by atoms with Gasteiger partial charge in [0.15, 0.2) is 11.5 Å². The first-order valence-corrected chi connectivity index (χ1v) is 11.1. The lowest BCUT2D eigenvalue weighted by Gasteiger charge is -2.21. The van der Waals surface area contributed by atoms with E-state index < -0.39 is 6.03 Å². The summed E-state index contributed by atoms with van der Waals surface area (Å²) in [7, 11) is 0. The number of anilines is 1. The molecule has 1 saturated heterocycles. The van der Waals surface area contributed by atoms with Crippen LogP contribution in [0.5, 0.6) is 11.5 Å². The number of carbonyl (C=O) groups is 2. The third kappa shape index (κ3) is 6.35. The molecule has 0 spiro atoms. The van der Waals surface area contributed by atoms with Crippen molar-refractivity contribution in [2.24, 2.45) is 0 Å². The summed E-state index contributed by atoms with van der Waals surface area (Å²) >= 11 is 5.96. The molecule has 3 amide bonds. The van der Waals surface area contributed by atoms with Gasteiger partial charge in [-0.3, -0.25) is 19.9 Å². The van der Waals surface area contributed by atoms with Gasteiger partial charge in [0.1, 0.15) is 13.2 Å². The number of nitrogens with one attached hydrogen (secondary N) is 2. The molecule has 2 aliphatic heterocycles. The molecule has 0 aliphatic carbocycles. The number of hydrogen-bond acceptors (Lipinski definition) is 6. The van der Waals surface area contributed by atoms with Gasteiger partial charge < -0.3 is 14.8 Å². The van der Waals surface area contributed by atoms with E-state index in [0.717, 1.165) is 44.2 Å². The zero-order valence-corrected chi connectivity index (χ0v) is 18.6. The lowest BCUT2D eigenvalue weighted by Crippen LogP contribution is -2.43. The predicted octanol–water partition coefficient (Wildman–Crippen LogP) is 2.97. The molecule has 2 heterocycles. The van der Waals surface area contributed by atoms with Crippen molar-refractivity contribution >= 4 is 29.2 Å². The van der Waals surface area contributed by atoms with Crippen molar-refractivity contribution in [2.45, 2.75) is 13.0 Å². The summed E-state index contributed by atoms with van der Waals surface area (Å²) in [5.41, 5.74) is 1.75. The first-order chi connectivity index (χ1) is 15.5. The Balaban J connectivity index is 1.21. The molecule has 8 nitrogen and oxygen atoms in total. The third-order valence-corrected chi connectivity index (χ3v) is 5.67. The maximum absolute atomic E-state index is 12.4. The number of imide groups is 1. The molecule has 4 rings (SSSR count). The van der Waals surface area contributed by atoms with Crippen molar-refractivity contribution in [3.8, 4) is 11.5 Å². The van der Waals surface area contributed by atoms with Crippen molar-refractivity contribution < 1.29 is 19.1 Å². The molecule has 9 heteroatoms. The Kier molecular flexibility index (Phi) is 7.47. The maximum Gasteiger partial charge on any atom is 0.325 e. The lowest BCUT2D eigenvalue weighted by atomic mass is 10.2. The summed E-state index contributed by atoms with van der Waals surface area (Å²) in [5.74, 6) is 0.892. The molecule has 0 bridgehead atoms. The largest absolute Gasteiger partial charge is 0.486 e. The van der Waals surface area contributed by atoms with Crippen molar-refractivity contribution in [1.82, 2.24) is 15.1 Å². The van der Waals surface area contributed by atoms with E-state index in [1.165, 1.54) is 5.56 Å². The van der Waals surface area contributed by atoms with Crippen LogP contribution < -0.4 is 20.1 Å². The van der Waals surface area contributed by atoms with Crippen LogP contribution in [-0.2, 0) is 11.3 Å². The third-order valence-electron chi connectivity index (χ3n) is 5.42. The van der Waals surface area contributed by atoms with Crippen LogP contribution in [0.4, 0.5) is 10.5 Å². The van der Waals surface area contributed by atoms with Crippen LogP contribution in [0, 0.1) is 0 Å². The predicted molar refractivity (Wildman–Crippen MR) is 122 cm³/mol. The molecule has 2 N–H and O–H groups in total. The number of hydrogen-bond donors (Lipinski definition) is 2. The number of carbonyl (C=O) groups excluding carboxylic acids is 2. The summed E-state index contributed by atoms with van der Waals surface area (Å²) in [4.78, 5) is 29.1. The Labute approximate surface area is 192 Å². The Morgan fingerprint density at radius 1 is 0.906 bits per heavy atom. The first kappa shape index (κ1) is 22.4.